The molecule has 0 unspecified atom stereocenters. The second-order valence-corrected chi connectivity index (χ2v) is 5.96. The maximum Gasteiger partial charge on any atom is 0.309 e. The molecule has 1 heterocycles. The topological polar surface area (TPSA) is 74.0 Å². The molecule has 0 atom stereocenters. The third-order valence-electron chi connectivity index (χ3n) is 2.40. The second-order valence-electron chi connectivity index (χ2n) is 3.88. The third kappa shape index (κ3) is 3.79. The van der Waals surface area contributed by atoms with Crippen LogP contribution in [0.15, 0.2) is 27.9 Å². The summed E-state index contributed by atoms with van der Waals surface area (Å²) in [6, 6.07) is 6.04. The maximum atomic E-state index is 13.2. The highest BCUT2D eigenvalue weighted by molar-refractivity contribution is 8.00. The molecule has 0 saturated heterocycles. The summed E-state index contributed by atoms with van der Waals surface area (Å²) in [5, 5.41) is 19.3. The van der Waals surface area contributed by atoms with Gasteiger partial charge in [-0.15, -0.1) is 11.3 Å². The van der Waals surface area contributed by atoms with E-state index in [1.54, 1.807) is 5.38 Å². The average molecular weight is 308 g/mol. The number of thiazole rings is 1. The summed E-state index contributed by atoms with van der Waals surface area (Å²) < 4.78 is 13.9. The van der Waals surface area contributed by atoms with Crippen LogP contribution in [0.25, 0.3) is 0 Å². The normalized spacial score (nSPS) is 10.2. The van der Waals surface area contributed by atoms with Crippen LogP contribution in [0.2, 0.25) is 0 Å². The number of carboxylic acid groups (broad SMARTS) is 1. The van der Waals surface area contributed by atoms with E-state index in [1.165, 1.54) is 41.3 Å². The van der Waals surface area contributed by atoms with E-state index in [2.05, 4.69) is 4.98 Å². The van der Waals surface area contributed by atoms with Crippen molar-refractivity contribution >= 4 is 29.1 Å². The number of halogens is 1. The van der Waals surface area contributed by atoms with Crippen LogP contribution in [-0.2, 0) is 17.0 Å². The van der Waals surface area contributed by atoms with Gasteiger partial charge in [-0.2, -0.15) is 5.26 Å². The van der Waals surface area contributed by atoms with Gasteiger partial charge in [0.1, 0.15) is 10.2 Å². The number of carbonyl (C=O) groups is 1. The minimum atomic E-state index is -0.927. The van der Waals surface area contributed by atoms with Gasteiger partial charge in [0.15, 0.2) is 0 Å². The fourth-order valence-corrected chi connectivity index (χ4v) is 3.36. The molecule has 0 aliphatic rings. The summed E-state index contributed by atoms with van der Waals surface area (Å²) in [5.74, 6) is -0.894. The smallest absolute Gasteiger partial charge is 0.309 e. The molecule has 4 nitrogen and oxygen atoms in total. The van der Waals surface area contributed by atoms with Crippen molar-refractivity contribution in [3.8, 4) is 6.07 Å². The first-order valence-corrected chi connectivity index (χ1v) is 7.42. The minimum absolute atomic E-state index is 0.111. The van der Waals surface area contributed by atoms with Crippen LogP contribution in [0.3, 0.4) is 0 Å². The van der Waals surface area contributed by atoms with E-state index >= 15 is 0 Å². The zero-order valence-electron chi connectivity index (χ0n) is 10.2. The third-order valence-corrected chi connectivity index (χ3v) is 4.52. The van der Waals surface area contributed by atoms with Gasteiger partial charge in [0.05, 0.1) is 23.7 Å². The zero-order valence-corrected chi connectivity index (χ0v) is 11.8. The number of hydrogen-bond donors (Lipinski definition) is 1. The summed E-state index contributed by atoms with van der Waals surface area (Å²) in [6.07, 6.45) is -0.111. The minimum Gasteiger partial charge on any atom is -0.481 e. The van der Waals surface area contributed by atoms with Crippen LogP contribution in [-0.4, -0.2) is 16.1 Å². The number of aliphatic carboxylic acids is 1. The molecule has 1 N–H and O–H groups in total. The molecule has 0 saturated carbocycles. The number of carboxylic acids is 1. The van der Waals surface area contributed by atoms with E-state index in [9.17, 15) is 9.18 Å². The van der Waals surface area contributed by atoms with Gasteiger partial charge in [-0.3, -0.25) is 4.79 Å². The Kier molecular flexibility index (Phi) is 4.71. The van der Waals surface area contributed by atoms with Gasteiger partial charge in [0.25, 0.3) is 0 Å². The molecule has 102 valence electrons. The number of aromatic nitrogens is 1. The maximum absolute atomic E-state index is 13.2. The van der Waals surface area contributed by atoms with Gasteiger partial charge in [-0.1, -0.05) is 11.8 Å². The van der Waals surface area contributed by atoms with Gasteiger partial charge in [0, 0.05) is 11.1 Å². The molecule has 1 aromatic heterocycles. The zero-order chi connectivity index (χ0) is 14.5. The Balaban J connectivity index is 2.05. The number of nitrogens with zero attached hydrogens (tertiary/aromatic N) is 2. The fraction of sp³-hybridized carbons (Fsp3) is 0.154. The Morgan fingerprint density at radius 1 is 1.55 bits per heavy atom. The molecule has 2 aromatic rings. The first-order valence-electron chi connectivity index (χ1n) is 5.56. The number of benzene rings is 1. The molecule has 0 aliphatic carbocycles. The molecule has 0 fully saturated rings. The lowest BCUT2D eigenvalue weighted by molar-refractivity contribution is -0.136. The van der Waals surface area contributed by atoms with Gasteiger partial charge < -0.3 is 5.11 Å². The summed E-state index contributed by atoms with van der Waals surface area (Å²) in [4.78, 5) is 14.7. The standard InChI is InChI=1S/C13H9FN2O2S2/c14-10-2-1-8(5-15)9(3-10)6-19-13-16-11(7-20-13)4-12(17)18/h1-3,7H,4,6H2,(H,17,18). The van der Waals surface area contributed by atoms with Crippen LogP contribution in [0, 0.1) is 17.1 Å². The van der Waals surface area contributed by atoms with E-state index in [1.807, 2.05) is 6.07 Å². The van der Waals surface area contributed by atoms with E-state index in [0.29, 0.717) is 26.9 Å². The van der Waals surface area contributed by atoms with E-state index in [-0.39, 0.29) is 12.2 Å². The van der Waals surface area contributed by atoms with Gasteiger partial charge in [-0.05, 0) is 23.8 Å². The number of hydrogen-bond acceptors (Lipinski definition) is 5. The monoisotopic (exact) mass is 308 g/mol. The van der Waals surface area contributed by atoms with Gasteiger partial charge in [0.2, 0.25) is 0 Å². The van der Waals surface area contributed by atoms with Gasteiger partial charge in [-0.25, -0.2) is 9.37 Å². The van der Waals surface area contributed by atoms with Crippen LogP contribution < -0.4 is 0 Å². The van der Waals surface area contributed by atoms with Crippen LogP contribution in [0.5, 0.6) is 0 Å². The molecule has 0 bridgehead atoms. The lowest BCUT2D eigenvalue weighted by Gasteiger charge is -2.02. The highest BCUT2D eigenvalue weighted by Gasteiger charge is 2.09. The number of nitriles is 1. The summed E-state index contributed by atoms with van der Waals surface area (Å²) in [7, 11) is 0. The Morgan fingerprint density at radius 2 is 2.35 bits per heavy atom. The Hall–Kier alpha value is -1.91. The summed E-state index contributed by atoms with van der Waals surface area (Å²) >= 11 is 2.70. The Labute approximate surface area is 122 Å². The molecule has 0 aliphatic heterocycles. The SMILES string of the molecule is N#Cc1ccc(F)cc1CSc1nc(CC(=O)O)cs1. The molecule has 2 rings (SSSR count). The summed E-state index contributed by atoms with van der Waals surface area (Å²) in [5.41, 5.74) is 1.54. The number of thioether (sulfide) groups is 1. The molecule has 7 heteroatoms. The Bertz CT molecular complexity index is 679. The van der Waals surface area contributed by atoms with Crippen molar-refractivity contribution in [3.05, 3.63) is 46.2 Å². The van der Waals surface area contributed by atoms with Crippen molar-refractivity contribution < 1.29 is 14.3 Å². The van der Waals surface area contributed by atoms with Crippen molar-refractivity contribution in [2.45, 2.75) is 16.5 Å². The van der Waals surface area contributed by atoms with E-state index < -0.39 is 5.97 Å². The molecular weight excluding hydrogens is 299 g/mol. The average Bonchev–Trinajstić information content (AvgIpc) is 2.83. The van der Waals surface area contributed by atoms with E-state index in [4.69, 9.17) is 10.4 Å². The predicted molar refractivity (Wildman–Crippen MR) is 74.1 cm³/mol. The lowest BCUT2D eigenvalue weighted by Crippen LogP contribution is -1.99. The lowest BCUT2D eigenvalue weighted by atomic mass is 10.1. The molecule has 1 aromatic carbocycles. The molecule has 20 heavy (non-hydrogen) atoms. The van der Waals surface area contributed by atoms with E-state index in [0.717, 1.165) is 0 Å². The van der Waals surface area contributed by atoms with Crippen molar-refractivity contribution in [1.29, 1.82) is 5.26 Å². The molecule has 0 spiro atoms. The quantitative estimate of drug-likeness (QED) is 0.859. The van der Waals surface area contributed by atoms with Crippen LogP contribution in [0.4, 0.5) is 4.39 Å². The number of rotatable bonds is 5. The Morgan fingerprint density at radius 3 is 3.05 bits per heavy atom. The summed E-state index contributed by atoms with van der Waals surface area (Å²) in [6.45, 7) is 0. The first-order chi connectivity index (χ1) is 9.58. The molecular formula is C13H9FN2O2S2. The highest BCUT2D eigenvalue weighted by atomic mass is 32.2. The molecule has 0 radical (unpaired) electrons. The van der Waals surface area contributed by atoms with Crippen molar-refractivity contribution in [3.63, 3.8) is 0 Å². The largest absolute Gasteiger partial charge is 0.481 e. The second kappa shape index (κ2) is 6.50. The first kappa shape index (κ1) is 14.5. The van der Waals surface area contributed by atoms with Crippen molar-refractivity contribution in [2.75, 3.05) is 0 Å². The molecule has 0 amide bonds. The van der Waals surface area contributed by atoms with Crippen molar-refractivity contribution in [1.82, 2.24) is 4.98 Å². The van der Waals surface area contributed by atoms with Gasteiger partial charge >= 0.3 is 5.97 Å². The van der Waals surface area contributed by atoms with Crippen LogP contribution in [0.1, 0.15) is 16.8 Å². The van der Waals surface area contributed by atoms with Crippen molar-refractivity contribution in [2.24, 2.45) is 0 Å². The highest BCUT2D eigenvalue weighted by Crippen LogP contribution is 2.27. The predicted octanol–water partition coefficient (Wildman–Crippen LogP) is 3.07. The van der Waals surface area contributed by atoms with Crippen LogP contribution >= 0.6 is 23.1 Å². The fourth-order valence-electron chi connectivity index (χ4n) is 1.52.